The van der Waals surface area contributed by atoms with Crippen molar-refractivity contribution in [1.29, 1.82) is 5.26 Å². The quantitative estimate of drug-likeness (QED) is 0.565. The molecule has 2 aromatic heterocycles. The molecular formula is C21H16Cl2N2O5. The second-order valence-electron chi connectivity index (χ2n) is 6.31. The standard InChI is InChI=1S/C21H16Cl2N2O5/c1-3-29-19-15(22)7-12(8-16(19)23)18(26)17-11(2)14(9-24)20(27)25(21(17)28)10-13-5-4-6-30-13/h4-8,28H,3,10H2,1-2H3. The Morgan fingerprint density at radius 2 is 2.00 bits per heavy atom. The van der Waals surface area contributed by atoms with Crippen LogP contribution in [0.5, 0.6) is 11.6 Å². The molecule has 0 bridgehead atoms. The molecule has 0 amide bonds. The lowest BCUT2D eigenvalue weighted by molar-refractivity contribution is 0.103. The molecule has 0 fully saturated rings. The molecule has 30 heavy (non-hydrogen) atoms. The van der Waals surface area contributed by atoms with Crippen LogP contribution in [-0.2, 0) is 6.54 Å². The van der Waals surface area contributed by atoms with Gasteiger partial charge in [0.15, 0.2) is 11.5 Å². The van der Waals surface area contributed by atoms with E-state index in [1.165, 1.54) is 25.3 Å². The summed E-state index contributed by atoms with van der Waals surface area (Å²) in [7, 11) is 0. The van der Waals surface area contributed by atoms with Crippen molar-refractivity contribution in [2.45, 2.75) is 20.4 Å². The number of aromatic nitrogens is 1. The molecule has 0 aliphatic heterocycles. The molecule has 1 N–H and O–H groups in total. The van der Waals surface area contributed by atoms with E-state index >= 15 is 0 Å². The number of furan rings is 1. The number of carbonyl (C=O) groups excluding carboxylic acids is 1. The number of ketones is 1. The summed E-state index contributed by atoms with van der Waals surface area (Å²) in [6.45, 7) is 3.36. The summed E-state index contributed by atoms with van der Waals surface area (Å²) in [6.07, 6.45) is 1.41. The lowest BCUT2D eigenvalue weighted by atomic mass is 9.97. The van der Waals surface area contributed by atoms with Crippen molar-refractivity contribution in [3.05, 3.63) is 78.9 Å². The van der Waals surface area contributed by atoms with Crippen LogP contribution >= 0.6 is 23.2 Å². The van der Waals surface area contributed by atoms with Crippen molar-refractivity contribution < 1.29 is 19.1 Å². The highest BCUT2D eigenvalue weighted by atomic mass is 35.5. The number of aromatic hydroxyl groups is 1. The molecule has 0 atom stereocenters. The molecule has 0 saturated carbocycles. The van der Waals surface area contributed by atoms with Crippen molar-refractivity contribution in [1.82, 2.24) is 4.57 Å². The Hall–Kier alpha value is -3.21. The Bertz CT molecular complexity index is 1200. The first-order chi connectivity index (χ1) is 14.3. The van der Waals surface area contributed by atoms with Gasteiger partial charge in [-0.2, -0.15) is 5.26 Å². The second kappa shape index (κ2) is 8.66. The molecule has 7 nitrogen and oxygen atoms in total. The first-order valence-corrected chi connectivity index (χ1v) is 9.61. The fourth-order valence-electron chi connectivity index (χ4n) is 3.05. The molecule has 9 heteroatoms. The molecule has 3 rings (SSSR count). The van der Waals surface area contributed by atoms with E-state index in [-0.39, 0.29) is 44.6 Å². The summed E-state index contributed by atoms with van der Waals surface area (Å²) in [4.78, 5) is 25.9. The molecule has 0 spiro atoms. The fraction of sp³-hybridized carbons (Fsp3) is 0.190. The summed E-state index contributed by atoms with van der Waals surface area (Å²) >= 11 is 12.4. The van der Waals surface area contributed by atoms with Crippen LogP contribution in [-0.4, -0.2) is 22.1 Å². The number of hydrogen-bond acceptors (Lipinski definition) is 6. The number of nitriles is 1. The van der Waals surface area contributed by atoms with Crippen LogP contribution in [0.15, 0.2) is 39.7 Å². The number of pyridine rings is 1. The molecule has 0 aliphatic rings. The van der Waals surface area contributed by atoms with Crippen LogP contribution in [0.3, 0.4) is 0 Å². The van der Waals surface area contributed by atoms with Crippen LogP contribution in [0.2, 0.25) is 10.0 Å². The average molecular weight is 447 g/mol. The topological polar surface area (TPSA) is 105 Å². The number of hydrogen-bond donors (Lipinski definition) is 1. The van der Waals surface area contributed by atoms with Gasteiger partial charge in [-0.1, -0.05) is 23.2 Å². The van der Waals surface area contributed by atoms with Gasteiger partial charge in [0, 0.05) is 5.56 Å². The molecule has 0 saturated heterocycles. The van der Waals surface area contributed by atoms with Gasteiger partial charge >= 0.3 is 0 Å². The smallest absolute Gasteiger partial charge is 0.271 e. The summed E-state index contributed by atoms with van der Waals surface area (Å²) in [5, 5.41) is 20.5. The predicted octanol–water partition coefficient (Wildman–Crippen LogP) is 4.31. The molecule has 0 aliphatic carbocycles. The highest BCUT2D eigenvalue weighted by molar-refractivity contribution is 6.38. The van der Waals surface area contributed by atoms with Gasteiger partial charge in [-0.05, 0) is 43.7 Å². The maximum atomic E-state index is 13.2. The normalized spacial score (nSPS) is 10.6. The molecule has 0 radical (unpaired) electrons. The molecule has 0 unspecified atom stereocenters. The Kier molecular flexibility index (Phi) is 6.20. The van der Waals surface area contributed by atoms with Crippen LogP contribution in [0.4, 0.5) is 0 Å². The molecule has 3 aromatic rings. The minimum Gasteiger partial charge on any atom is -0.494 e. The monoisotopic (exact) mass is 446 g/mol. The van der Waals surface area contributed by atoms with Crippen molar-refractivity contribution in [3.63, 3.8) is 0 Å². The highest BCUT2D eigenvalue weighted by Crippen LogP contribution is 2.36. The lowest BCUT2D eigenvalue weighted by Crippen LogP contribution is -2.27. The van der Waals surface area contributed by atoms with E-state index in [2.05, 4.69) is 0 Å². The van der Waals surface area contributed by atoms with Crippen molar-refractivity contribution >= 4 is 29.0 Å². The third-order valence-electron chi connectivity index (χ3n) is 4.47. The van der Waals surface area contributed by atoms with Gasteiger partial charge in [0.25, 0.3) is 5.56 Å². The van der Waals surface area contributed by atoms with E-state index in [9.17, 15) is 20.0 Å². The van der Waals surface area contributed by atoms with Gasteiger partial charge in [0.1, 0.15) is 17.4 Å². The van der Waals surface area contributed by atoms with Gasteiger partial charge < -0.3 is 14.3 Å². The Morgan fingerprint density at radius 3 is 2.53 bits per heavy atom. The molecular weight excluding hydrogens is 431 g/mol. The van der Waals surface area contributed by atoms with Crippen LogP contribution in [0.25, 0.3) is 0 Å². The Labute approximate surface area is 181 Å². The summed E-state index contributed by atoms with van der Waals surface area (Å²) in [5.74, 6) is -0.634. The number of rotatable bonds is 6. The minimum absolute atomic E-state index is 0.0572. The Balaban J connectivity index is 2.19. The van der Waals surface area contributed by atoms with Crippen molar-refractivity contribution in [3.8, 4) is 17.7 Å². The van der Waals surface area contributed by atoms with Crippen molar-refractivity contribution in [2.24, 2.45) is 0 Å². The molecule has 154 valence electrons. The number of ether oxygens (including phenoxy) is 1. The third-order valence-corrected chi connectivity index (χ3v) is 5.03. The zero-order chi connectivity index (χ0) is 22.0. The van der Waals surface area contributed by atoms with Gasteiger partial charge in [0.2, 0.25) is 5.88 Å². The largest absolute Gasteiger partial charge is 0.494 e. The van der Waals surface area contributed by atoms with E-state index in [4.69, 9.17) is 32.4 Å². The van der Waals surface area contributed by atoms with Crippen molar-refractivity contribution in [2.75, 3.05) is 6.61 Å². The predicted molar refractivity (Wildman–Crippen MR) is 111 cm³/mol. The maximum Gasteiger partial charge on any atom is 0.271 e. The van der Waals surface area contributed by atoms with Crippen LogP contribution in [0, 0.1) is 18.3 Å². The Morgan fingerprint density at radius 1 is 1.33 bits per heavy atom. The number of benzene rings is 1. The maximum absolute atomic E-state index is 13.2. The van der Waals surface area contributed by atoms with E-state index in [1.807, 2.05) is 0 Å². The zero-order valence-electron chi connectivity index (χ0n) is 16.0. The third kappa shape index (κ3) is 3.80. The number of carbonyl (C=O) groups is 1. The molecule has 2 heterocycles. The van der Waals surface area contributed by atoms with Gasteiger partial charge in [-0.15, -0.1) is 0 Å². The highest BCUT2D eigenvalue weighted by Gasteiger charge is 2.26. The van der Waals surface area contributed by atoms with Gasteiger partial charge in [-0.3, -0.25) is 14.2 Å². The van der Waals surface area contributed by atoms with Crippen LogP contribution in [0.1, 0.15) is 39.7 Å². The van der Waals surface area contributed by atoms with E-state index in [0.717, 1.165) is 4.57 Å². The number of nitrogens with zero attached hydrogens (tertiary/aromatic N) is 2. The second-order valence-corrected chi connectivity index (χ2v) is 7.13. The van der Waals surface area contributed by atoms with E-state index in [1.54, 1.807) is 25.1 Å². The molecule has 1 aromatic carbocycles. The van der Waals surface area contributed by atoms with Gasteiger partial charge in [-0.25, -0.2) is 0 Å². The summed E-state index contributed by atoms with van der Waals surface area (Å²) < 4.78 is 11.5. The fourth-order valence-corrected chi connectivity index (χ4v) is 3.64. The summed E-state index contributed by atoms with van der Waals surface area (Å²) in [6, 6.07) is 7.74. The van der Waals surface area contributed by atoms with E-state index in [0.29, 0.717) is 12.4 Å². The van der Waals surface area contributed by atoms with Crippen LogP contribution < -0.4 is 10.3 Å². The summed E-state index contributed by atoms with van der Waals surface area (Å²) in [5.41, 5.74) is -1.07. The van der Waals surface area contributed by atoms with E-state index < -0.39 is 17.2 Å². The lowest BCUT2D eigenvalue weighted by Gasteiger charge is -2.16. The van der Waals surface area contributed by atoms with Gasteiger partial charge in [0.05, 0.1) is 35.0 Å². The minimum atomic E-state index is -0.733. The number of halogens is 2. The first-order valence-electron chi connectivity index (χ1n) is 8.85. The first kappa shape index (κ1) is 21.5. The average Bonchev–Trinajstić information content (AvgIpc) is 3.21. The zero-order valence-corrected chi connectivity index (χ0v) is 17.5. The SMILES string of the molecule is CCOc1c(Cl)cc(C(=O)c2c(C)c(C#N)c(=O)n(Cc3ccco3)c2O)cc1Cl.